The third-order valence-electron chi connectivity index (χ3n) is 2.04. The van der Waals surface area contributed by atoms with Gasteiger partial charge < -0.3 is 15.6 Å². The molecule has 0 rings (SSSR count). The molecule has 0 fully saturated rings. The molecule has 0 heterocycles. The molecule has 0 aromatic carbocycles. The molecular formula is C11H25NO2. The Kier molecular flexibility index (Phi) is 5.64. The number of aliphatic hydroxyl groups is 1. The normalized spacial score (nSPS) is 16.7. The van der Waals surface area contributed by atoms with Gasteiger partial charge in [0.1, 0.15) is 0 Å². The van der Waals surface area contributed by atoms with E-state index in [1.165, 1.54) is 0 Å². The molecule has 0 spiro atoms. The number of ether oxygens (including phenoxy) is 1. The Bertz CT molecular complexity index is 150. The molecule has 86 valence electrons. The van der Waals surface area contributed by atoms with Gasteiger partial charge >= 0.3 is 0 Å². The molecular weight excluding hydrogens is 178 g/mol. The highest BCUT2D eigenvalue weighted by Gasteiger charge is 2.16. The number of hydrogen-bond donors (Lipinski definition) is 2. The van der Waals surface area contributed by atoms with Gasteiger partial charge in [0.05, 0.1) is 12.2 Å². The van der Waals surface area contributed by atoms with Crippen molar-refractivity contribution in [2.24, 2.45) is 5.73 Å². The highest BCUT2D eigenvalue weighted by molar-refractivity contribution is 4.76. The average Bonchev–Trinajstić information content (AvgIpc) is 2.01. The molecule has 0 aromatic rings. The molecule has 0 saturated carbocycles. The van der Waals surface area contributed by atoms with Crippen molar-refractivity contribution in [1.29, 1.82) is 0 Å². The van der Waals surface area contributed by atoms with Crippen molar-refractivity contribution in [1.82, 2.24) is 0 Å². The molecule has 1 atom stereocenters. The summed E-state index contributed by atoms with van der Waals surface area (Å²) >= 11 is 0. The molecule has 3 N–H and O–H groups in total. The van der Waals surface area contributed by atoms with E-state index >= 15 is 0 Å². The van der Waals surface area contributed by atoms with Gasteiger partial charge in [-0.15, -0.1) is 0 Å². The van der Waals surface area contributed by atoms with Gasteiger partial charge in [-0.2, -0.15) is 0 Å². The number of unbranched alkanes of at least 4 members (excludes halogenated alkanes) is 1. The second kappa shape index (κ2) is 5.69. The molecule has 14 heavy (non-hydrogen) atoms. The van der Waals surface area contributed by atoms with Crippen LogP contribution in [0.5, 0.6) is 0 Å². The predicted octanol–water partition coefficient (Wildman–Crippen LogP) is 1.68. The van der Waals surface area contributed by atoms with Crippen LogP contribution in [-0.2, 0) is 4.74 Å². The molecule has 0 saturated heterocycles. The van der Waals surface area contributed by atoms with E-state index in [1.807, 2.05) is 27.7 Å². The highest BCUT2D eigenvalue weighted by atomic mass is 16.5. The quantitative estimate of drug-likeness (QED) is 0.646. The molecule has 1 unspecified atom stereocenters. The van der Waals surface area contributed by atoms with Crippen LogP contribution in [0.25, 0.3) is 0 Å². The zero-order chi connectivity index (χ0) is 11.2. The largest absolute Gasteiger partial charge is 0.394 e. The van der Waals surface area contributed by atoms with E-state index in [1.54, 1.807) is 0 Å². The molecule has 0 aliphatic rings. The predicted molar refractivity (Wildman–Crippen MR) is 59.2 cm³/mol. The van der Waals surface area contributed by atoms with Crippen LogP contribution in [-0.4, -0.2) is 29.5 Å². The summed E-state index contributed by atoms with van der Waals surface area (Å²) in [6.45, 7) is 8.84. The van der Waals surface area contributed by atoms with Crippen molar-refractivity contribution < 1.29 is 9.84 Å². The van der Waals surface area contributed by atoms with Crippen LogP contribution in [0.1, 0.15) is 47.0 Å². The molecule has 0 aliphatic carbocycles. The Hall–Kier alpha value is -0.120. The molecule has 0 radical (unpaired) electrons. The topological polar surface area (TPSA) is 55.5 Å². The van der Waals surface area contributed by atoms with Crippen molar-refractivity contribution in [2.75, 3.05) is 13.2 Å². The first-order chi connectivity index (χ1) is 6.27. The Balaban J connectivity index is 3.39. The van der Waals surface area contributed by atoms with E-state index in [2.05, 4.69) is 0 Å². The highest BCUT2D eigenvalue weighted by Crippen LogP contribution is 2.12. The Morgan fingerprint density at radius 2 is 1.71 bits per heavy atom. The van der Waals surface area contributed by atoms with Gasteiger partial charge in [-0.25, -0.2) is 0 Å². The van der Waals surface area contributed by atoms with Gasteiger partial charge in [0.25, 0.3) is 0 Å². The second-order valence-electron chi connectivity index (χ2n) is 5.23. The Morgan fingerprint density at radius 3 is 2.14 bits per heavy atom. The van der Waals surface area contributed by atoms with E-state index in [0.717, 1.165) is 25.9 Å². The van der Waals surface area contributed by atoms with Crippen LogP contribution >= 0.6 is 0 Å². The van der Waals surface area contributed by atoms with E-state index in [4.69, 9.17) is 15.6 Å². The van der Waals surface area contributed by atoms with Crippen molar-refractivity contribution in [3.05, 3.63) is 0 Å². The third-order valence-corrected chi connectivity index (χ3v) is 2.04. The van der Waals surface area contributed by atoms with Crippen LogP contribution in [0.15, 0.2) is 0 Å². The van der Waals surface area contributed by atoms with Crippen LogP contribution in [0, 0.1) is 0 Å². The smallest absolute Gasteiger partial charge is 0.0608 e. The fourth-order valence-corrected chi connectivity index (χ4v) is 1.09. The van der Waals surface area contributed by atoms with Gasteiger partial charge in [0, 0.05) is 12.1 Å². The fourth-order valence-electron chi connectivity index (χ4n) is 1.09. The maximum Gasteiger partial charge on any atom is 0.0608 e. The van der Waals surface area contributed by atoms with Gasteiger partial charge in [-0.05, 0) is 47.0 Å². The van der Waals surface area contributed by atoms with Gasteiger partial charge in [-0.1, -0.05) is 0 Å². The lowest BCUT2D eigenvalue weighted by Crippen LogP contribution is -2.40. The minimum atomic E-state index is -0.429. The van der Waals surface area contributed by atoms with Crippen LogP contribution < -0.4 is 5.73 Å². The molecule has 0 amide bonds. The molecule has 3 heteroatoms. The first-order valence-electron chi connectivity index (χ1n) is 5.30. The van der Waals surface area contributed by atoms with Crippen molar-refractivity contribution >= 4 is 0 Å². The zero-order valence-corrected chi connectivity index (χ0v) is 9.97. The lowest BCUT2D eigenvalue weighted by atomic mass is 9.97. The first kappa shape index (κ1) is 13.9. The zero-order valence-electron chi connectivity index (χ0n) is 9.97. The fraction of sp³-hybridized carbons (Fsp3) is 1.00. The van der Waals surface area contributed by atoms with E-state index in [0.29, 0.717) is 0 Å². The summed E-state index contributed by atoms with van der Waals surface area (Å²) in [6.07, 6.45) is 2.85. The summed E-state index contributed by atoms with van der Waals surface area (Å²) in [7, 11) is 0. The molecule has 0 aromatic heterocycles. The minimum absolute atomic E-state index is 0.0487. The first-order valence-corrected chi connectivity index (χ1v) is 5.30. The maximum absolute atomic E-state index is 8.92. The lowest BCUT2D eigenvalue weighted by Gasteiger charge is -2.22. The summed E-state index contributed by atoms with van der Waals surface area (Å²) in [6, 6.07) is 0. The maximum atomic E-state index is 8.92. The Morgan fingerprint density at radius 1 is 1.14 bits per heavy atom. The summed E-state index contributed by atoms with van der Waals surface area (Å²) in [5.74, 6) is 0. The number of aliphatic hydroxyl groups excluding tert-OH is 1. The number of hydrogen-bond acceptors (Lipinski definition) is 3. The average molecular weight is 203 g/mol. The van der Waals surface area contributed by atoms with Gasteiger partial charge in [-0.3, -0.25) is 0 Å². The molecule has 0 aliphatic heterocycles. The summed E-state index contributed by atoms with van der Waals surface area (Å²) < 4.78 is 5.57. The van der Waals surface area contributed by atoms with Gasteiger partial charge in [0.2, 0.25) is 0 Å². The second-order valence-corrected chi connectivity index (χ2v) is 5.23. The summed E-state index contributed by atoms with van der Waals surface area (Å²) in [5.41, 5.74) is 5.31. The van der Waals surface area contributed by atoms with Gasteiger partial charge in [0.15, 0.2) is 0 Å². The number of nitrogens with two attached hydrogens (primary N) is 1. The monoisotopic (exact) mass is 203 g/mol. The standard InChI is InChI=1S/C11H25NO2/c1-10(2,3)14-8-6-5-7-11(4,12)9-13/h13H,5-9,12H2,1-4H3. The van der Waals surface area contributed by atoms with E-state index in [9.17, 15) is 0 Å². The van der Waals surface area contributed by atoms with E-state index in [-0.39, 0.29) is 12.2 Å². The molecule has 3 nitrogen and oxygen atoms in total. The van der Waals surface area contributed by atoms with Crippen molar-refractivity contribution in [3.8, 4) is 0 Å². The SMILES string of the molecule is CC(N)(CO)CCCCOC(C)(C)C. The summed E-state index contributed by atoms with van der Waals surface area (Å²) in [5, 5.41) is 8.92. The van der Waals surface area contributed by atoms with Crippen LogP contribution in [0.3, 0.4) is 0 Å². The van der Waals surface area contributed by atoms with E-state index < -0.39 is 5.54 Å². The van der Waals surface area contributed by atoms with Crippen LogP contribution in [0.4, 0.5) is 0 Å². The lowest BCUT2D eigenvalue weighted by molar-refractivity contribution is -0.00532. The van der Waals surface area contributed by atoms with Crippen molar-refractivity contribution in [3.63, 3.8) is 0 Å². The van der Waals surface area contributed by atoms with Crippen LogP contribution in [0.2, 0.25) is 0 Å². The third kappa shape index (κ3) is 8.48. The number of rotatable bonds is 6. The Labute approximate surface area is 87.6 Å². The minimum Gasteiger partial charge on any atom is -0.394 e. The van der Waals surface area contributed by atoms with Crippen molar-refractivity contribution in [2.45, 2.75) is 58.1 Å². The summed E-state index contributed by atoms with van der Waals surface area (Å²) in [4.78, 5) is 0. The molecule has 0 bridgehead atoms.